The monoisotopic (exact) mass is 251 g/mol. The molecule has 1 aromatic rings. The van der Waals surface area contributed by atoms with Crippen molar-refractivity contribution in [1.29, 1.82) is 0 Å². The summed E-state index contributed by atoms with van der Waals surface area (Å²) < 4.78 is 5.54. The van der Waals surface area contributed by atoms with Crippen molar-refractivity contribution in [2.75, 3.05) is 13.2 Å². The zero-order valence-corrected chi connectivity index (χ0v) is 11.7. The van der Waals surface area contributed by atoms with Gasteiger partial charge in [-0.05, 0) is 37.5 Å². The van der Waals surface area contributed by atoms with Crippen molar-refractivity contribution >= 4 is 0 Å². The molecule has 0 spiro atoms. The predicted molar refractivity (Wildman–Crippen MR) is 74.8 cm³/mol. The van der Waals surface area contributed by atoms with E-state index < -0.39 is 0 Å². The van der Waals surface area contributed by atoms with Crippen LogP contribution in [0, 0.1) is 0 Å². The van der Waals surface area contributed by atoms with Gasteiger partial charge in [-0.3, -0.25) is 0 Å². The highest BCUT2D eigenvalue weighted by Gasteiger charge is 2.19. The molecule has 0 saturated carbocycles. The molecule has 0 radical (unpaired) electrons. The first-order valence-electron chi connectivity index (χ1n) is 6.71. The number of aliphatic hydroxyl groups is 1. The highest BCUT2D eigenvalue weighted by Crippen LogP contribution is 2.14. The quantitative estimate of drug-likeness (QED) is 0.746. The molecule has 2 N–H and O–H groups in total. The number of ether oxygens (including phenoxy) is 1. The largest absolute Gasteiger partial charge is 0.494 e. The van der Waals surface area contributed by atoms with E-state index in [1.54, 1.807) is 0 Å². The summed E-state index contributed by atoms with van der Waals surface area (Å²) in [6.45, 7) is 7.88. The number of aliphatic hydroxyl groups excluding tert-OH is 1. The molecule has 0 aromatic heterocycles. The Labute approximate surface area is 110 Å². The molecule has 18 heavy (non-hydrogen) atoms. The Bertz CT molecular complexity index is 331. The first-order chi connectivity index (χ1) is 8.63. The topological polar surface area (TPSA) is 41.5 Å². The molecule has 1 aromatic carbocycles. The molecule has 0 aliphatic heterocycles. The molecular formula is C15H25NO2. The molecule has 0 aliphatic rings. The molecule has 3 nitrogen and oxygen atoms in total. The summed E-state index contributed by atoms with van der Waals surface area (Å²) in [5.41, 5.74) is 1.00. The molecular weight excluding hydrogens is 226 g/mol. The number of benzene rings is 1. The summed E-state index contributed by atoms with van der Waals surface area (Å²) in [7, 11) is 0. The molecule has 0 saturated heterocycles. The first-order valence-corrected chi connectivity index (χ1v) is 6.71. The number of nitrogens with one attached hydrogen (secondary N) is 1. The van der Waals surface area contributed by atoms with Gasteiger partial charge in [-0.2, -0.15) is 0 Å². The summed E-state index contributed by atoms with van der Waals surface area (Å²) in [5, 5.41) is 12.7. The third kappa shape index (κ3) is 4.67. The van der Waals surface area contributed by atoms with Crippen LogP contribution in [-0.2, 0) is 6.54 Å². The zero-order chi connectivity index (χ0) is 13.4. The SMILES string of the molecule is CCCOc1ccc(CNC(C)(CC)CO)cc1. The Morgan fingerprint density at radius 2 is 1.89 bits per heavy atom. The Morgan fingerprint density at radius 3 is 2.39 bits per heavy atom. The second kappa shape index (κ2) is 7.39. The Kier molecular flexibility index (Phi) is 6.16. The van der Waals surface area contributed by atoms with Crippen LogP contribution < -0.4 is 10.1 Å². The summed E-state index contributed by atoms with van der Waals surface area (Å²) in [5.74, 6) is 0.918. The smallest absolute Gasteiger partial charge is 0.119 e. The van der Waals surface area contributed by atoms with Gasteiger partial charge in [-0.25, -0.2) is 0 Å². The van der Waals surface area contributed by atoms with E-state index in [1.165, 1.54) is 5.56 Å². The van der Waals surface area contributed by atoms with Crippen LogP contribution in [0.3, 0.4) is 0 Å². The van der Waals surface area contributed by atoms with Gasteiger partial charge < -0.3 is 15.2 Å². The van der Waals surface area contributed by atoms with Crippen molar-refractivity contribution < 1.29 is 9.84 Å². The van der Waals surface area contributed by atoms with Crippen molar-refractivity contribution in [1.82, 2.24) is 5.32 Å². The van der Waals surface area contributed by atoms with E-state index in [1.807, 2.05) is 19.1 Å². The van der Waals surface area contributed by atoms with E-state index in [-0.39, 0.29) is 12.1 Å². The van der Waals surface area contributed by atoms with Gasteiger partial charge in [0.2, 0.25) is 0 Å². The van der Waals surface area contributed by atoms with Crippen LogP contribution >= 0.6 is 0 Å². The van der Waals surface area contributed by atoms with Crippen LogP contribution in [0.2, 0.25) is 0 Å². The lowest BCUT2D eigenvalue weighted by molar-refractivity contribution is 0.169. The molecule has 0 heterocycles. The van der Waals surface area contributed by atoms with E-state index in [0.717, 1.165) is 31.7 Å². The predicted octanol–water partition coefficient (Wildman–Crippen LogP) is 2.73. The third-order valence-corrected chi connectivity index (χ3v) is 3.24. The molecule has 1 unspecified atom stereocenters. The van der Waals surface area contributed by atoms with E-state index in [4.69, 9.17) is 4.74 Å². The first kappa shape index (κ1) is 15.0. The van der Waals surface area contributed by atoms with Gasteiger partial charge in [-0.15, -0.1) is 0 Å². The number of hydrogen-bond acceptors (Lipinski definition) is 3. The maximum absolute atomic E-state index is 9.32. The third-order valence-electron chi connectivity index (χ3n) is 3.24. The van der Waals surface area contributed by atoms with Crippen molar-refractivity contribution in [3.05, 3.63) is 29.8 Å². The molecule has 0 bridgehead atoms. The minimum atomic E-state index is -0.197. The van der Waals surface area contributed by atoms with Crippen molar-refractivity contribution in [3.63, 3.8) is 0 Å². The number of hydrogen-bond donors (Lipinski definition) is 2. The summed E-state index contributed by atoms with van der Waals surface area (Å²) in [6, 6.07) is 8.11. The normalized spacial score (nSPS) is 14.2. The minimum Gasteiger partial charge on any atom is -0.494 e. The highest BCUT2D eigenvalue weighted by atomic mass is 16.5. The van der Waals surface area contributed by atoms with Crippen LogP contribution in [0.25, 0.3) is 0 Å². The van der Waals surface area contributed by atoms with Crippen molar-refractivity contribution in [2.24, 2.45) is 0 Å². The standard InChI is InChI=1S/C15H25NO2/c1-4-10-18-14-8-6-13(7-9-14)11-16-15(3,5-2)12-17/h6-9,16-17H,4-5,10-12H2,1-3H3. The average molecular weight is 251 g/mol. The molecule has 0 aliphatic carbocycles. The van der Waals surface area contributed by atoms with Gasteiger partial charge in [0.25, 0.3) is 0 Å². The maximum Gasteiger partial charge on any atom is 0.119 e. The van der Waals surface area contributed by atoms with Crippen molar-refractivity contribution in [2.45, 2.75) is 45.7 Å². The van der Waals surface area contributed by atoms with Crippen LogP contribution in [-0.4, -0.2) is 23.9 Å². The highest BCUT2D eigenvalue weighted by molar-refractivity contribution is 5.27. The Hall–Kier alpha value is -1.06. The fourth-order valence-electron chi connectivity index (χ4n) is 1.53. The zero-order valence-electron chi connectivity index (χ0n) is 11.7. The summed E-state index contributed by atoms with van der Waals surface area (Å²) in [4.78, 5) is 0. The van der Waals surface area contributed by atoms with Crippen LogP contribution in [0.15, 0.2) is 24.3 Å². The van der Waals surface area contributed by atoms with Gasteiger partial charge in [0, 0.05) is 12.1 Å². The van der Waals surface area contributed by atoms with Gasteiger partial charge in [0.1, 0.15) is 5.75 Å². The summed E-state index contributed by atoms with van der Waals surface area (Å²) in [6.07, 6.45) is 1.93. The lowest BCUT2D eigenvalue weighted by Gasteiger charge is -2.27. The van der Waals surface area contributed by atoms with Gasteiger partial charge >= 0.3 is 0 Å². The Morgan fingerprint density at radius 1 is 1.22 bits per heavy atom. The molecule has 102 valence electrons. The van der Waals surface area contributed by atoms with E-state index >= 15 is 0 Å². The van der Waals surface area contributed by atoms with Crippen LogP contribution in [0.1, 0.15) is 39.2 Å². The molecule has 1 rings (SSSR count). The summed E-state index contributed by atoms with van der Waals surface area (Å²) >= 11 is 0. The fraction of sp³-hybridized carbons (Fsp3) is 0.600. The second-order valence-corrected chi connectivity index (χ2v) is 4.92. The number of rotatable bonds is 8. The molecule has 0 fully saturated rings. The maximum atomic E-state index is 9.32. The molecule has 1 atom stereocenters. The second-order valence-electron chi connectivity index (χ2n) is 4.92. The van der Waals surface area contributed by atoms with E-state index in [2.05, 4.69) is 31.3 Å². The van der Waals surface area contributed by atoms with Gasteiger partial charge in [0.15, 0.2) is 0 Å². The van der Waals surface area contributed by atoms with E-state index in [0.29, 0.717) is 0 Å². The van der Waals surface area contributed by atoms with Crippen molar-refractivity contribution in [3.8, 4) is 5.75 Å². The van der Waals surface area contributed by atoms with Gasteiger partial charge in [0.05, 0.1) is 13.2 Å². The minimum absolute atomic E-state index is 0.154. The van der Waals surface area contributed by atoms with Crippen LogP contribution in [0.5, 0.6) is 5.75 Å². The lowest BCUT2D eigenvalue weighted by Crippen LogP contribution is -2.44. The molecule has 3 heteroatoms. The van der Waals surface area contributed by atoms with Gasteiger partial charge in [-0.1, -0.05) is 26.0 Å². The van der Waals surface area contributed by atoms with E-state index in [9.17, 15) is 5.11 Å². The Balaban J connectivity index is 2.48. The van der Waals surface area contributed by atoms with Crippen LogP contribution in [0.4, 0.5) is 0 Å². The molecule has 0 amide bonds. The average Bonchev–Trinajstić information content (AvgIpc) is 2.43. The lowest BCUT2D eigenvalue weighted by atomic mass is 10.00. The fourth-order valence-corrected chi connectivity index (χ4v) is 1.53.